The number of ether oxygens (including phenoxy) is 1. The molecule has 110 valence electrons. The minimum absolute atomic E-state index is 0.0194. The summed E-state index contributed by atoms with van der Waals surface area (Å²) in [6.45, 7) is 6.32. The number of rotatable bonds is 4. The molecule has 0 radical (unpaired) electrons. The Balaban J connectivity index is 1.91. The minimum atomic E-state index is -0.187. The molecule has 3 heteroatoms. The maximum atomic E-state index is 12.2. The Morgan fingerprint density at radius 1 is 1.32 bits per heavy atom. The first-order valence-electron chi connectivity index (χ1n) is 7.75. The summed E-state index contributed by atoms with van der Waals surface area (Å²) in [4.78, 5) is 12.2. The van der Waals surface area contributed by atoms with E-state index in [2.05, 4.69) is 36.4 Å². The van der Waals surface area contributed by atoms with Crippen LogP contribution in [-0.4, -0.2) is 15.5 Å². The molecular weight excluding hydrogens is 351 g/mol. The highest BCUT2D eigenvalue weighted by molar-refractivity contribution is 14.1. The van der Waals surface area contributed by atoms with Crippen LogP contribution in [-0.2, 0) is 9.53 Å². The summed E-state index contributed by atoms with van der Waals surface area (Å²) in [5, 5.41) is 0. The predicted molar refractivity (Wildman–Crippen MR) is 86.4 cm³/mol. The first-order chi connectivity index (χ1) is 8.88. The highest BCUT2D eigenvalue weighted by Gasteiger charge is 2.42. The van der Waals surface area contributed by atoms with E-state index in [1.54, 1.807) is 0 Å². The molecule has 2 aliphatic rings. The third-order valence-electron chi connectivity index (χ3n) is 4.76. The van der Waals surface area contributed by atoms with Gasteiger partial charge in [-0.1, -0.05) is 55.7 Å². The number of carbonyl (C=O) groups excluding carboxylic acids is 1. The molecule has 19 heavy (non-hydrogen) atoms. The van der Waals surface area contributed by atoms with E-state index in [-0.39, 0.29) is 17.5 Å². The van der Waals surface area contributed by atoms with Crippen molar-refractivity contribution in [1.29, 1.82) is 0 Å². The second-order valence-electron chi connectivity index (χ2n) is 7.10. The lowest BCUT2D eigenvalue weighted by molar-refractivity contribution is -0.171. The van der Waals surface area contributed by atoms with E-state index in [0.717, 1.165) is 31.1 Å². The second kappa shape index (κ2) is 6.31. The molecular formula is C16H27IO2. The molecule has 0 spiro atoms. The summed E-state index contributed by atoms with van der Waals surface area (Å²) in [7, 11) is 0. The van der Waals surface area contributed by atoms with Crippen molar-refractivity contribution < 1.29 is 9.53 Å². The Morgan fingerprint density at radius 2 is 1.89 bits per heavy atom. The van der Waals surface area contributed by atoms with Crippen molar-refractivity contribution in [2.75, 3.05) is 0 Å². The molecule has 0 aromatic rings. The number of hydrogen-bond acceptors (Lipinski definition) is 2. The Kier molecular flexibility index (Phi) is 5.18. The smallest absolute Gasteiger partial charge is 0.309 e. The van der Waals surface area contributed by atoms with Crippen LogP contribution >= 0.6 is 22.6 Å². The molecule has 0 N–H and O–H groups in total. The molecule has 4 unspecified atom stereocenters. The molecule has 2 nitrogen and oxygen atoms in total. The zero-order chi connectivity index (χ0) is 14.0. The van der Waals surface area contributed by atoms with E-state index in [4.69, 9.17) is 4.74 Å². The van der Waals surface area contributed by atoms with Gasteiger partial charge in [0, 0.05) is 3.92 Å². The fraction of sp³-hybridized carbons (Fsp3) is 0.938. The van der Waals surface area contributed by atoms with Crippen LogP contribution in [0.3, 0.4) is 0 Å². The molecule has 0 aliphatic heterocycles. The van der Waals surface area contributed by atoms with Crippen LogP contribution in [0.25, 0.3) is 0 Å². The average Bonchev–Trinajstić information content (AvgIpc) is 2.26. The lowest BCUT2D eigenvalue weighted by atomic mass is 9.66. The topological polar surface area (TPSA) is 26.3 Å². The van der Waals surface area contributed by atoms with Crippen molar-refractivity contribution in [2.24, 2.45) is 17.8 Å². The molecule has 2 aliphatic carbocycles. The van der Waals surface area contributed by atoms with Crippen molar-refractivity contribution in [1.82, 2.24) is 0 Å². The molecule has 0 saturated heterocycles. The fourth-order valence-electron chi connectivity index (χ4n) is 4.09. The van der Waals surface area contributed by atoms with Gasteiger partial charge in [-0.2, -0.15) is 0 Å². The summed E-state index contributed by atoms with van der Waals surface area (Å²) in [5.74, 6) is 1.64. The predicted octanol–water partition coefficient (Wildman–Crippen LogP) is 4.74. The highest BCUT2D eigenvalue weighted by Crippen LogP contribution is 2.46. The first-order valence-corrected chi connectivity index (χ1v) is 8.99. The van der Waals surface area contributed by atoms with Gasteiger partial charge in [0.05, 0.1) is 5.92 Å². The van der Waals surface area contributed by atoms with Crippen molar-refractivity contribution in [2.45, 2.75) is 75.2 Å². The quantitative estimate of drug-likeness (QED) is 0.401. The fourth-order valence-corrected chi connectivity index (χ4v) is 4.85. The molecule has 0 heterocycles. The number of alkyl halides is 1. The van der Waals surface area contributed by atoms with Gasteiger partial charge in [0.2, 0.25) is 0 Å². The van der Waals surface area contributed by atoms with E-state index in [0.29, 0.717) is 3.92 Å². The SMILES string of the molecule is CC(I)CC(C)C(=O)OC1(C)CC2CCCC(C2)C1. The van der Waals surface area contributed by atoms with Crippen LogP contribution in [0.15, 0.2) is 0 Å². The maximum absolute atomic E-state index is 12.2. The maximum Gasteiger partial charge on any atom is 0.309 e. The van der Waals surface area contributed by atoms with Crippen LogP contribution in [0, 0.1) is 17.8 Å². The van der Waals surface area contributed by atoms with Crippen molar-refractivity contribution in [3.63, 3.8) is 0 Å². The monoisotopic (exact) mass is 378 g/mol. The summed E-state index contributed by atoms with van der Waals surface area (Å²) in [6.07, 6.45) is 8.51. The normalized spacial score (nSPS) is 37.5. The summed E-state index contributed by atoms with van der Waals surface area (Å²) < 4.78 is 6.46. The van der Waals surface area contributed by atoms with E-state index in [1.165, 1.54) is 25.7 Å². The Bertz CT molecular complexity index is 315. The molecule has 2 rings (SSSR count). The van der Waals surface area contributed by atoms with Gasteiger partial charge in [0.25, 0.3) is 0 Å². The largest absolute Gasteiger partial charge is 0.459 e. The zero-order valence-corrected chi connectivity index (χ0v) is 14.6. The van der Waals surface area contributed by atoms with Gasteiger partial charge in [0.15, 0.2) is 0 Å². The molecule has 0 aromatic carbocycles. The molecule has 0 aromatic heterocycles. The lowest BCUT2D eigenvalue weighted by Crippen LogP contribution is -2.43. The molecule has 2 fully saturated rings. The zero-order valence-electron chi connectivity index (χ0n) is 12.5. The lowest BCUT2D eigenvalue weighted by Gasteiger charge is -2.45. The summed E-state index contributed by atoms with van der Waals surface area (Å²) >= 11 is 2.38. The molecule has 2 saturated carbocycles. The van der Waals surface area contributed by atoms with Crippen LogP contribution < -0.4 is 0 Å². The van der Waals surface area contributed by atoms with E-state index >= 15 is 0 Å². The van der Waals surface area contributed by atoms with Crippen molar-refractivity contribution in [3.8, 4) is 0 Å². The van der Waals surface area contributed by atoms with Gasteiger partial charge < -0.3 is 4.74 Å². The number of esters is 1. The number of carbonyl (C=O) groups is 1. The van der Waals surface area contributed by atoms with E-state index < -0.39 is 0 Å². The number of fused-ring (bicyclic) bond motifs is 2. The van der Waals surface area contributed by atoms with Gasteiger partial charge in [0.1, 0.15) is 5.60 Å². The summed E-state index contributed by atoms with van der Waals surface area (Å²) in [6, 6.07) is 0. The second-order valence-corrected chi connectivity index (χ2v) is 9.22. The van der Waals surface area contributed by atoms with Crippen molar-refractivity contribution >= 4 is 28.6 Å². The average molecular weight is 378 g/mol. The third kappa shape index (κ3) is 4.33. The van der Waals surface area contributed by atoms with Crippen LogP contribution in [0.2, 0.25) is 0 Å². The Morgan fingerprint density at radius 3 is 2.42 bits per heavy atom. The van der Waals surface area contributed by atoms with Gasteiger partial charge in [-0.3, -0.25) is 4.79 Å². The molecule has 2 bridgehead atoms. The third-order valence-corrected chi connectivity index (χ3v) is 5.27. The van der Waals surface area contributed by atoms with Crippen LogP contribution in [0.1, 0.15) is 65.7 Å². The number of hydrogen-bond donors (Lipinski definition) is 0. The highest BCUT2D eigenvalue weighted by atomic mass is 127. The van der Waals surface area contributed by atoms with Gasteiger partial charge >= 0.3 is 5.97 Å². The van der Waals surface area contributed by atoms with Gasteiger partial charge in [-0.25, -0.2) is 0 Å². The Labute approximate surface area is 131 Å². The molecule has 4 atom stereocenters. The van der Waals surface area contributed by atoms with Gasteiger partial charge in [-0.05, 0) is 44.4 Å². The number of halogens is 1. The molecule has 0 amide bonds. The van der Waals surface area contributed by atoms with Crippen LogP contribution in [0.4, 0.5) is 0 Å². The standard InChI is InChI=1S/C16H27IO2/c1-11(7-12(2)17)15(18)19-16(3)9-13-5-4-6-14(8-13)10-16/h11-14H,4-10H2,1-3H3. The van der Waals surface area contributed by atoms with E-state index in [1.807, 2.05) is 6.92 Å². The van der Waals surface area contributed by atoms with Crippen LogP contribution in [0.5, 0.6) is 0 Å². The van der Waals surface area contributed by atoms with E-state index in [9.17, 15) is 4.79 Å². The van der Waals surface area contributed by atoms with Crippen molar-refractivity contribution in [3.05, 3.63) is 0 Å². The Hall–Kier alpha value is 0.200. The summed E-state index contributed by atoms with van der Waals surface area (Å²) in [5.41, 5.74) is -0.187. The van der Waals surface area contributed by atoms with Gasteiger partial charge in [-0.15, -0.1) is 0 Å². The first kappa shape index (κ1) is 15.6. The minimum Gasteiger partial charge on any atom is -0.459 e.